The summed E-state index contributed by atoms with van der Waals surface area (Å²) in [7, 11) is 0. The quantitative estimate of drug-likeness (QED) is 0.838. The minimum Gasteiger partial charge on any atom is -0.370 e. The standard InChI is InChI=1S/C14H18Cl2FNO/c1-3-14(4-2)8-19-13(7-18-14)9-5-12(17)11(16)6-10(9)15/h5-6,13,18H,3-4,7-8H2,1-2H3. The Morgan fingerprint density at radius 1 is 1.32 bits per heavy atom. The van der Waals surface area contributed by atoms with Crippen molar-refractivity contribution in [2.75, 3.05) is 13.2 Å². The monoisotopic (exact) mass is 305 g/mol. The summed E-state index contributed by atoms with van der Waals surface area (Å²) in [5.74, 6) is -0.465. The van der Waals surface area contributed by atoms with Gasteiger partial charge in [0.05, 0.1) is 17.7 Å². The zero-order chi connectivity index (χ0) is 14.0. The second kappa shape index (κ2) is 5.96. The Labute approximate surface area is 123 Å². The third-order valence-electron chi connectivity index (χ3n) is 3.96. The number of rotatable bonds is 3. The van der Waals surface area contributed by atoms with E-state index in [4.69, 9.17) is 27.9 Å². The molecule has 1 heterocycles. The largest absolute Gasteiger partial charge is 0.370 e. The van der Waals surface area contributed by atoms with Gasteiger partial charge in [-0.2, -0.15) is 0 Å². The molecule has 1 fully saturated rings. The maximum Gasteiger partial charge on any atom is 0.142 e. The van der Waals surface area contributed by atoms with E-state index in [1.165, 1.54) is 12.1 Å². The summed E-state index contributed by atoms with van der Waals surface area (Å²) in [6.07, 6.45) is 1.77. The van der Waals surface area contributed by atoms with Gasteiger partial charge in [-0.15, -0.1) is 0 Å². The zero-order valence-corrected chi connectivity index (χ0v) is 12.6. The topological polar surface area (TPSA) is 21.3 Å². The first-order valence-electron chi connectivity index (χ1n) is 6.52. The Bertz CT molecular complexity index is 453. The maximum atomic E-state index is 13.5. The van der Waals surface area contributed by atoms with Crippen molar-refractivity contribution < 1.29 is 9.13 Å². The van der Waals surface area contributed by atoms with Crippen LogP contribution in [0.4, 0.5) is 4.39 Å². The van der Waals surface area contributed by atoms with Crippen LogP contribution in [0.1, 0.15) is 38.4 Å². The molecule has 2 nitrogen and oxygen atoms in total. The Morgan fingerprint density at radius 2 is 2.00 bits per heavy atom. The van der Waals surface area contributed by atoms with E-state index in [0.29, 0.717) is 23.7 Å². The molecule has 1 atom stereocenters. The van der Waals surface area contributed by atoms with Crippen molar-refractivity contribution in [1.82, 2.24) is 5.32 Å². The molecule has 1 saturated heterocycles. The van der Waals surface area contributed by atoms with E-state index in [1.807, 2.05) is 0 Å². The predicted molar refractivity (Wildman–Crippen MR) is 76.4 cm³/mol. The highest BCUT2D eigenvalue weighted by Gasteiger charge is 2.33. The molecule has 0 aliphatic carbocycles. The third kappa shape index (κ3) is 3.05. The molecule has 1 aromatic carbocycles. The van der Waals surface area contributed by atoms with Gasteiger partial charge < -0.3 is 10.1 Å². The smallest absolute Gasteiger partial charge is 0.142 e. The van der Waals surface area contributed by atoms with E-state index in [2.05, 4.69) is 19.2 Å². The van der Waals surface area contributed by atoms with Gasteiger partial charge in [-0.1, -0.05) is 37.0 Å². The summed E-state index contributed by atoms with van der Waals surface area (Å²) in [6, 6.07) is 2.79. The molecule has 0 bridgehead atoms. The highest BCUT2D eigenvalue weighted by atomic mass is 35.5. The fourth-order valence-electron chi connectivity index (χ4n) is 2.37. The number of nitrogens with one attached hydrogen (secondary N) is 1. The molecule has 1 N–H and O–H groups in total. The van der Waals surface area contributed by atoms with Crippen LogP contribution in [0.2, 0.25) is 10.0 Å². The van der Waals surface area contributed by atoms with E-state index in [1.54, 1.807) is 0 Å². The van der Waals surface area contributed by atoms with Crippen LogP contribution in [0, 0.1) is 5.82 Å². The lowest BCUT2D eigenvalue weighted by Crippen LogP contribution is -2.54. The molecular weight excluding hydrogens is 288 g/mol. The van der Waals surface area contributed by atoms with Crippen molar-refractivity contribution in [2.24, 2.45) is 0 Å². The molecule has 0 spiro atoms. The summed E-state index contributed by atoms with van der Waals surface area (Å²) in [5.41, 5.74) is 0.672. The van der Waals surface area contributed by atoms with Gasteiger partial charge in [0.15, 0.2) is 0 Å². The molecular formula is C14H18Cl2FNO. The Balaban J connectivity index is 2.16. The zero-order valence-electron chi connectivity index (χ0n) is 11.1. The van der Waals surface area contributed by atoms with Crippen molar-refractivity contribution in [3.8, 4) is 0 Å². The third-order valence-corrected chi connectivity index (χ3v) is 4.58. The predicted octanol–water partition coefficient (Wildman–Crippen LogP) is 4.35. The van der Waals surface area contributed by atoms with Gasteiger partial charge in [0.1, 0.15) is 5.82 Å². The van der Waals surface area contributed by atoms with Gasteiger partial charge in [-0.25, -0.2) is 4.39 Å². The first kappa shape index (κ1) is 15.0. The Kier molecular flexibility index (Phi) is 4.72. The molecule has 1 aromatic rings. The van der Waals surface area contributed by atoms with Crippen molar-refractivity contribution >= 4 is 23.2 Å². The lowest BCUT2D eigenvalue weighted by atomic mass is 9.91. The maximum absolute atomic E-state index is 13.5. The van der Waals surface area contributed by atoms with Crippen LogP contribution >= 0.6 is 23.2 Å². The van der Waals surface area contributed by atoms with Gasteiger partial charge in [-0.3, -0.25) is 0 Å². The number of benzene rings is 1. The number of hydrogen-bond donors (Lipinski definition) is 1. The normalized spacial score (nSPS) is 22.5. The van der Waals surface area contributed by atoms with Crippen LogP contribution < -0.4 is 5.32 Å². The molecule has 0 saturated carbocycles. The van der Waals surface area contributed by atoms with E-state index in [0.717, 1.165) is 12.8 Å². The first-order chi connectivity index (χ1) is 9.01. The number of ether oxygens (including phenoxy) is 1. The molecule has 1 aliphatic heterocycles. The van der Waals surface area contributed by atoms with Gasteiger partial charge in [0.25, 0.3) is 0 Å². The highest BCUT2D eigenvalue weighted by molar-refractivity contribution is 6.35. The second-order valence-electron chi connectivity index (χ2n) is 4.96. The van der Waals surface area contributed by atoms with Gasteiger partial charge in [0, 0.05) is 22.7 Å². The summed E-state index contributed by atoms with van der Waals surface area (Å²) in [6.45, 7) is 5.50. The Hall–Kier alpha value is -0.350. The molecule has 1 aliphatic rings. The highest BCUT2D eigenvalue weighted by Crippen LogP contribution is 2.33. The van der Waals surface area contributed by atoms with Crippen LogP contribution in [-0.2, 0) is 4.74 Å². The van der Waals surface area contributed by atoms with Crippen LogP contribution in [-0.4, -0.2) is 18.7 Å². The molecule has 0 radical (unpaired) electrons. The van der Waals surface area contributed by atoms with Crippen molar-refractivity contribution in [2.45, 2.75) is 38.3 Å². The van der Waals surface area contributed by atoms with Crippen molar-refractivity contribution in [3.63, 3.8) is 0 Å². The minimum absolute atomic E-state index is 0.0218. The molecule has 0 amide bonds. The SMILES string of the molecule is CCC1(CC)COC(c2cc(F)c(Cl)cc2Cl)CN1. The van der Waals surface area contributed by atoms with E-state index in [-0.39, 0.29) is 16.7 Å². The van der Waals surface area contributed by atoms with Crippen molar-refractivity contribution in [1.29, 1.82) is 0 Å². The van der Waals surface area contributed by atoms with E-state index >= 15 is 0 Å². The van der Waals surface area contributed by atoms with Gasteiger partial charge in [0.2, 0.25) is 0 Å². The van der Waals surface area contributed by atoms with Gasteiger partial charge in [-0.05, 0) is 25.0 Å². The Morgan fingerprint density at radius 3 is 2.53 bits per heavy atom. The molecule has 19 heavy (non-hydrogen) atoms. The summed E-state index contributed by atoms with van der Waals surface area (Å²) in [4.78, 5) is 0. The summed E-state index contributed by atoms with van der Waals surface area (Å²) in [5, 5.41) is 3.98. The van der Waals surface area contributed by atoms with E-state index in [9.17, 15) is 4.39 Å². The number of morpholine rings is 1. The molecule has 2 rings (SSSR count). The lowest BCUT2D eigenvalue weighted by molar-refractivity contribution is -0.0375. The average Bonchev–Trinajstić information content (AvgIpc) is 2.43. The van der Waals surface area contributed by atoms with Gasteiger partial charge >= 0.3 is 0 Å². The molecule has 1 unspecified atom stereocenters. The number of hydrogen-bond acceptors (Lipinski definition) is 2. The molecule has 0 aromatic heterocycles. The second-order valence-corrected chi connectivity index (χ2v) is 5.77. The van der Waals surface area contributed by atoms with E-state index < -0.39 is 5.82 Å². The van der Waals surface area contributed by atoms with Crippen molar-refractivity contribution in [3.05, 3.63) is 33.6 Å². The average molecular weight is 306 g/mol. The van der Waals surface area contributed by atoms with Crippen LogP contribution in [0.15, 0.2) is 12.1 Å². The summed E-state index contributed by atoms with van der Waals surface area (Å²) >= 11 is 11.8. The fraction of sp³-hybridized carbons (Fsp3) is 0.571. The minimum atomic E-state index is -0.465. The van der Waals surface area contributed by atoms with Crippen LogP contribution in [0.5, 0.6) is 0 Å². The van der Waals surface area contributed by atoms with Crippen LogP contribution in [0.3, 0.4) is 0 Å². The molecule has 5 heteroatoms. The fourth-order valence-corrected chi connectivity index (χ4v) is 2.87. The number of halogens is 3. The first-order valence-corrected chi connectivity index (χ1v) is 7.28. The molecule has 106 valence electrons. The lowest BCUT2D eigenvalue weighted by Gasteiger charge is -2.40. The summed E-state index contributed by atoms with van der Waals surface area (Å²) < 4.78 is 19.4. The van der Waals surface area contributed by atoms with Crippen LogP contribution in [0.25, 0.3) is 0 Å².